The van der Waals surface area contributed by atoms with Crippen LogP contribution in [0, 0.1) is 11.3 Å². The number of hydrogen-bond donors (Lipinski definition) is 6. The molecule has 0 aliphatic heterocycles. The van der Waals surface area contributed by atoms with E-state index in [0.717, 1.165) is 16.5 Å². The van der Waals surface area contributed by atoms with Crippen LogP contribution < -0.4 is 21.3 Å². The van der Waals surface area contributed by atoms with Crippen molar-refractivity contribution in [3.05, 3.63) is 47.7 Å². The number of ether oxygens (including phenoxy) is 2. The highest BCUT2D eigenvalue weighted by Gasteiger charge is 2.47. The van der Waals surface area contributed by atoms with E-state index in [1.54, 1.807) is 69.4 Å². The molecule has 0 saturated carbocycles. The minimum Gasteiger partial charge on any atom is -0.480 e. The van der Waals surface area contributed by atoms with Gasteiger partial charge in [0.05, 0.1) is 6.04 Å². The molecule has 5 atom stereocenters. The van der Waals surface area contributed by atoms with Gasteiger partial charge in [-0.2, -0.15) is 0 Å². The lowest BCUT2D eigenvalue weighted by Gasteiger charge is -2.42. The van der Waals surface area contributed by atoms with Gasteiger partial charge in [-0.3, -0.25) is 24.1 Å². The molecule has 0 aliphatic rings. The molecule has 0 radical (unpaired) electrons. The number of fused-ring (bicyclic) bond motifs is 1. The van der Waals surface area contributed by atoms with E-state index in [1.807, 2.05) is 69.8 Å². The third-order valence-corrected chi connectivity index (χ3v) is 11.7. The highest BCUT2D eigenvalue weighted by atomic mass is 16.6. The topological polar surface area (TPSA) is 255 Å². The number of carbonyl (C=O) groups excluding carboxylic acids is 6. The van der Waals surface area contributed by atoms with Crippen molar-refractivity contribution in [2.75, 3.05) is 20.6 Å². The van der Waals surface area contributed by atoms with Crippen LogP contribution in [0.15, 0.2) is 42.1 Å². The summed E-state index contributed by atoms with van der Waals surface area (Å²) in [5.41, 5.74) is -1.66. The molecule has 1 aromatic heterocycles. The number of alkyl carbamates (subject to hydrolysis) is 1. The van der Waals surface area contributed by atoms with E-state index >= 15 is 0 Å². The van der Waals surface area contributed by atoms with E-state index in [9.17, 15) is 48.6 Å². The summed E-state index contributed by atoms with van der Waals surface area (Å²) in [6.07, 6.45) is 2.16. The number of benzene rings is 1. The number of unbranched alkanes of at least 4 members (excludes halogenated alkanes) is 1. The molecule has 0 bridgehead atoms. The van der Waals surface area contributed by atoms with Crippen molar-refractivity contribution in [3.63, 3.8) is 0 Å². The first-order chi connectivity index (χ1) is 32.0. The van der Waals surface area contributed by atoms with Crippen molar-refractivity contribution >= 4 is 58.7 Å². The van der Waals surface area contributed by atoms with Crippen LogP contribution in [-0.4, -0.2) is 134 Å². The average Bonchev–Trinajstić information content (AvgIpc) is 3.56. The molecule has 1 heterocycles. The number of nitrogens with zero attached hydrogens (tertiary/aromatic N) is 3. The molecule has 0 unspecified atom stereocenters. The fourth-order valence-electron chi connectivity index (χ4n) is 8.04. The highest BCUT2D eigenvalue weighted by molar-refractivity contribution is 5.97. The Morgan fingerprint density at radius 1 is 0.757 bits per heavy atom. The van der Waals surface area contributed by atoms with E-state index < -0.39 is 106 Å². The summed E-state index contributed by atoms with van der Waals surface area (Å²) in [6, 6.07) is 1.89. The molecule has 19 nitrogen and oxygen atoms in total. The Kier molecular flexibility index (Phi) is 21.1. The van der Waals surface area contributed by atoms with Crippen molar-refractivity contribution in [1.82, 2.24) is 35.6 Å². The molecule has 6 N–H and O–H groups in total. The molecule has 0 saturated heterocycles. The van der Waals surface area contributed by atoms with Gasteiger partial charge in [0, 0.05) is 62.2 Å². The van der Waals surface area contributed by atoms with Crippen molar-refractivity contribution in [2.24, 2.45) is 18.4 Å². The fourth-order valence-corrected chi connectivity index (χ4v) is 8.04. The van der Waals surface area contributed by atoms with Crippen molar-refractivity contribution in [2.45, 2.75) is 176 Å². The highest BCUT2D eigenvalue weighted by Crippen LogP contribution is 2.37. The molecule has 6 amide bonds. The monoisotopic (exact) mass is 984 g/mol. The van der Waals surface area contributed by atoms with Crippen LogP contribution in [0.25, 0.3) is 10.9 Å². The van der Waals surface area contributed by atoms with Crippen LogP contribution in [0.1, 0.15) is 135 Å². The van der Waals surface area contributed by atoms with E-state index in [-0.39, 0.29) is 30.9 Å². The maximum Gasteiger partial charge on any atom is 0.410 e. The molecule has 0 aliphatic carbocycles. The third-order valence-electron chi connectivity index (χ3n) is 11.7. The Bertz CT molecular complexity index is 2230. The van der Waals surface area contributed by atoms with Crippen LogP contribution in [-0.2, 0) is 50.7 Å². The second-order valence-corrected chi connectivity index (χ2v) is 22.0. The average molecular weight is 984 g/mol. The summed E-state index contributed by atoms with van der Waals surface area (Å²) >= 11 is 0. The normalized spacial score (nSPS) is 14.6. The number of hydrogen-bond acceptors (Lipinski definition) is 10. The van der Waals surface area contributed by atoms with Crippen LogP contribution in [0.2, 0.25) is 0 Å². The summed E-state index contributed by atoms with van der Waals surface area (Å²) in [7, 11) is 4.95. The first-order valence-electron chi connectivity index (χ1n) is 23.8. The van der Waals surface area contributed by atoms with Gasteiger partial charge in [0.2, 0.25) is 23.6 Å². The molecular weight excluding hydrogens is 903 g/mol. The predicted molar refractivity (Wildman–Crippen MR) is 267 cm³/mol. The van der Waals surface area contributed by atoms with E-state index in [4.69, 9.17) is 9.47 Å². The smallest absolute Gasteiger partial charge is 0.410 e. The fraction of sp³-hybridized carbons (Fsp3) is 0.647. The standard InChI is InChI=1S/C51H81N7O12/c1-30(2)37(28-31(3)41(60)54-35(45(65)66)25-26-38(59)53-34(44(63)64)23-20-21-27-52-46(67)69-49(7,8)9)57(16)43(62)39(48(4,5)6)55-42(61)40(58(17)47(68)70-50(10,11)12)51(13,14)33-29-56(15)36-24-19-18-22-32(33)36/h18-19,22,24,28-30,34-35,37,39-40H,20-21,23,25-27H2,1-17H3,(H,52,67)(H,53,59)(H,54,60)(H,55,61)(H,63,64)(H,65,66)/b31-28+/t34-,35-,37-,39-,40-/m1/s1. The minimum atomic E-state index is -1.52. The van der Waals surface area contributed by atoms with Crippen molar-refractivity contribution in [3.8, 4) is 0 Å². The maximum absolute atomic E-state index is 14.9. The molecular formula is C51H81N7O12. The van der Waals surface area contributed by atoms with Gasteiger partial charge in [0.25, 0.3) is 0 Å². The largest absolute Gasteiger partial charge is 0.480 e. The summed E-state index contributed by atoms with van der Waals surface area (Å²) in [4.78, 5) is 108. The second kappa shape index (κ2) is 24.6. The third kappa shape index (κ3) is 17.7. The molecule has 19 heteroatoms. The van der Waals surface area contributed by atoms with Crippen LogP contribution in [0.5, 0.6) is 0 Å². The SMILES string of the molecule is C/C(=C\[C@H](C(C)C)N(C)C(=O)[C@@H](NC(=O)[C@@H](N(C)C(=O)OC(C)(C)C)C(C)(C)c1cn(C)c2ccccc12)C(C)(C)C)C(=O)N[C@H](CCC(=O)N[C@H](CCCCNC(=O)OC(C)(C)C)C(=O)O)C(=O)O. The number of aromatic nitrogens is 1. The number of nitrogens with one attached hydrogen (secondary N) is 4. The number of aryl methyl sites for hydroxylation is 1. The Hall–Kier alpha value is -6.14. The molecule has 70 heavy (non-hydrogen) atoms. The summed E-state index contributed by atoms with van der Waals surface area (Å²) < 4.78 is 12.9. The van der Waals surface area contributed by atoms with Crippen molar-refractivity contribution < 1.29 is 58.0 Å². The molecule has 0 fully saturated rings. The zero-order valence-corrected chi connectivity index (χ0v) is 44.5. The van der Waals surface area contributed by atoms with Gasteiger partial charge in [-0.25, -0.2) is 19.2 Å². The van der Waals surface area contributed by atoms with Gasteiger partial charge in [0.1, 0.15) is 35.4 Å². The van der Waals surface area contributed by atoms with Gasteiger partial charge in [-0.15, -0.1) is 0 Å². The Balaban J connectivity index is 2.31. The second-order valence-electron chi connectivity index (χ2n) is 22.0. The maximum atomic E-state index is 14.9. The lowest BCUT2D eigenvalue weighted by molar-refractivity contribution is -0.143. The number of carboxylic acid groups (broad SMARTS) is 2. The van der Waals surface area contributed by atoms with E-state index in [1.165, 1.54) is 29.8 Å². The summed E-state index contributed by atoms with van der Waals surface area (Å²) in [5.74, 6) is -5.58. The number of rotatable bonds is 22. The zero-order chi connectivity index (χ0) is 53.9. The Labute approximate surface area is 413 Å². The number of carbonyl (C=O) groups is 8. The van der Waals surface area contributed by atoms with Gasteiger partial charge in [-0.1, -0.05) is 72.7 Å². The summed E-state index contributed by atoms with van der Waals surface area (Å²) in [6.45, 7) is 24.9. The first kappa shape index (κ1) is 60.0. The van der Waals surface area contributed by atoms with Gasteiger partial charge in [-0.05, 0) is 97.1 Å². The van der Waals surface area contributed by atoms with Gasteiger partial charge < -0.3 is 50.4 Å². The minimum absolute atomic E-state index is 0.0486. The van der Waals surface area contributed by atoms with E-state index in [2.05, 4.69) is 21.3 Å². The lowest BCUT2D eigenvalue weighted by Crippen LogP contribution is -2.63. The molecule has 2 rings (SSSR count). The van der Waals surface area contributed by atoms with Gasteiger partial charge >= 0.3 is 24.1 Å². The van der Waals surface area contributed by atoms with Crippen LogP contribution >= 0.6 is 0 Å². The number of aliphatic carboxylic acids is 2. The Morgan fingerprint density at radius 2 is 1.31 bits per heavy atom. The first-order valence-corrected chi connectivity index (χ1v) is 23.8. The zero-order valence-electron chi connectivity index (χ0n) is 44.5. The number of carboxylic acids is 2. The lowest BCUT2D eigenvalue weighted by atomic mass is 9.76. The van der Waals surface area contributed by atoms with Crippen LogP contribution in [0.3, 0.4) is 0 Å². The van der Waals surface area contributed by atoms with Crippen LogP contribution in [0.4, 0.5) is 9.59 Å². The number of para-hydroxylation sites is 1. The number of amides is 6. The van der Waals surface area contributed by atoms with E-state index in [0.29, 0.717) is 12.8 Å². The predicted octanol–water partition coefficient (Wildman–Crippen LogP) is 6.27. The van der Waals surface area contributed by atoms with Crippen molar-refractivity contribution in [1.29, 1.82) is 0 Å². The quantitative estimate of drug-likeness (QED) is 0.0564. The summed E-state index contributed by atoms with van der Waals surface area (Å²) in [5, 5.41) is 31.0. The van der Waals surface area contributed by atoms with Gasteiger partial charge in [0.15, 0.2) is 0 Å². The number of likely N-dealkylation sites (N-methyl/N-ethyl adjacent to an activating group) is 2. The molecule has 1 aromatic carbocycles. The molecule has 392 valence electrons. The Morgan fingerprint density at radius 3 is 1.84 bits per heavy atom. The molecule has 0 spiro atoms. The molecule has 2 aromatic rings.